The number of amidine groups is 1. The van der Waals surface area contributed by atoms with Crippen LogP contribution in [-0.4, -0.2) is 49.6 Å². The normalized spacial score (nSPS) is 16.5. The molecule has 31 heavy (non-hydrogen) atoms. The highest BCUT2D eigenvalue weighted by molar-refractivity contribution is 7.89. The van der Waals surface area contributed by atoms with Gasteiger partial charge in [-0.1, -0.05) is 42.5 Å². The van der Waals surface area contributed by atoms with Crippen molar-refractivity contribution in [1.29, 1.82) is 0 Å². The van der Waals surface area contributed by atoms with Crippen LogP contribution in [-0.2, 0) is 10.0 Å². The minimum Gasteiger partial charge on any atom is -0.454 e. The number of nitrogens with zero attached hydrogens (tertiary/aromatic N) is 3. The van der Waals surface area contributed by atoms with E-state index < -0.39 is 10.0 Å². The van der Waals surface area contributed by atoms with Crippen LogP contribution in [0.5, 0.6) is 11.5 Å². The summed E-state index contributed by atoms with van der Waals surface area (Å²) in [6, 6.07) is 22.7. The predicted octanol–water partition coefficient (Wildman–Crippen LogP) is 4.19. The lowest BCUT2D eigenvalue weighted by Gasteiger charge is -2.36. The highest BCUT2D eigenvalue weighted by Crippen LogP contribution is 2.38. The highest BCUT2D eigenvalue weighted by atomic mass is 32.2. The second kappa shape index (κ2) is 7.83. The summed E-state index contributed by atoms with van der Waals surface area (Å²) in [6.45, 7) is 3.75. The van der Waals surface area contributed by atoms with E-state index in [2.05, 4.69) is 4.90 Å². The van der Waals surface area contributed by atoms with Gasteiger partial charge in [-0.25, -0.2) is 13.4 Å². The fourth-order valence-electron chi connectivity index (χ4n) is 4.04. The topological polar surface area (TPSA) is 62.2 Å². The molecule has 0 atom stereocenters. The Morgan fingerprint density at radius 3 is 2.23 bits per heavy atom. The molecule has 2 aliphatic heterocycles. The van der Waals surface area contributed by atoms with Crippen molar-refractivity contribution in [2.24, 2.45) is 4.99 Å². The van der Waals surface area contributed by atoms with E-state index in [0.717, 1.165) is 28.4 Å². The molecule has 2 aliphatic rings. The third-order valence-corrected chi connectivity index (χ3v) is 7.75. The molecule has 0 spiro atoms. The van der Waals surface area contributed by atoms with Crippen LogP contribution in [0.3, 0.4) is 0 Å². The number of aliphatic imine (C=N–C) groups is 1. The number of aryl methyl sites for hydroxylation is 1. The summed E-state index contributed by atoms with van der Waals surface area (Å²) in [5, 5.41) is 0. The average molecular weight is 434 g/mol. The number of piperazine rings is 1. The van der Waals surface area contributed by atoms with Crippen molar-refractivity contribution in [2.45, 2.75) is 11.8 Å². The van der Waals surface area contributed by atoms with Crippen molar-refractivity contribution in [3.05, 3.63) is 83.9 Å². The van der Waals surface area contributed by atoms with E-state index in [0.29, 0.717) is 36.8 Å². The first kappa shape index (κ1) is 19.8. The number of rotatable bonds is 2. The Bertz CT molecular complexity index is 1260. The minimum absolute atomic E-state index is 0.378. The molecule has 5 rings (SSSR count). The Hall–Kier alpha value is -3.16. The molecule has 0 aliphatic carbocycles. The molecule has 2 heterocycles. The molecule has 0 radical (unpaired) electrons. The van der Waals surface area contributed by atoms with Crippen LogP contribution in [0.15, 0.2) is 82.7 Å². The first-order valence-electron chi connectivity index (χ1n) is 10.3. The van der Waals surface area contributed by atoms with Gasteiger partial charge in [0, 0.05) is 26.2 Å². The maximum absolute atomic E-state index is 13.2. The second-order valence-electron chi connectivity index (χ2n) is 7.66. The molecular weight excluding hydrogens is 410 g/mol. The molecule has 1 fully saturated rings. The standard InChI is InChI=1S/C24H23N3O3S/c1-18-8-2-7-13-23(18)31(28,29)27-16-14-26(15-17-27)24-19-9-3-5-11-21(19)30-22-12-6-4-10-20(22)25-24/h2-13H,14-17H2,1H3. The summed E-state index contributed by atoms with van der Waals surface area (Å²) in [5.74, 6) is 2.28. The number of hydrogen-bond donors (Lipinski definition) is 0. The molecular formula is C24H23N3O3S. The fourth-order valence-corrected chi connectivity index (χ4v) is 5.68. The van der Waals surface area contributed by atoms with Crippen molar-refractivity contribution in [1.82, 2.24) is 9.21 Å². The van der Waals surface area contributed by atoms with Crippen LogP contribution in [0.4, 0.5) is 5.69 Å². The lowest BCUT2D eigenvalue weighted by atomic mass is 10.1. The number of fused-ring (bicyclic) bond motifs is 2. The molecule has 3 aromatic rings. The van der Waals surface area contributed by atoms with Gasteiger partial charge in [-0.3, -0.25) is 0 Å². The van der Waals surface area contributed by atoms with Crippen LogP contribution in [0.1, 0.15) is 11.1 Å². The van der Waals surface area contributed by atoms with Crippen molar-refractivity contribution in [2.75, 3.05) is 26.2 Å². The van der Waals surface area contributed by atoms with Gasteiger partial charge in [-0.05, 0) is 42.8 Å². The zero-order valence-electron chi connectivity index (χ0n) is 17.2. The van der Waals surface area contributed by atoms with Crippen LogP contribution in [0.2, 0.25) is 0 Å². The van der Waals surface area contributed by atoms with Gasteiger partial charge in [0.2, 0.25) is 10.0 Å². The van der Waals surface area contributed by atoms with Gasteiger partial charge in [0.25, 0.3) is 0 Å². The molecule has 0 N–H and O–H groups in total. The summed E-state index contributed by atoms with van der Waals surface area (Å²) in [4.78, 5) is 7.44. The molecule has 6 nitrogen and oxygen atoms in total. The molecule has 1 saturated heterocycles. The van der Waals surface area contributed by atoms with E-state index in [1.165, 1.54) is 0 Å². The first-order valence-corrected chi connectivity index (χ1v) is 11.7. The van der Waals surface area contributed by atoms with Gasteiger partial charge in [0.1, 0.15) is 17.3 Å². The highest BCUT2D eigenvalue weighted by Gasteiger charge is 2.32. The van der Waals surface area contributed by atoms with E-state index >= 15 is 0 Å². The van der Waals surface area contributed by atoms with Gasteiger partial charge in [0.15, 0.2) is 5.75 Å². The van der Waals surface area contributed by atoms with E-state index in [-0.39, 0.29) is 0 Å². The molecule has 7 heteroatoms. The van der Waals surface area contributed by atoms with Crippen LogP contribution in [0.25, 0.3) is 0 Å². The molecule has 0 unspecified atom stereocenters. The predicted molar refractivity (Wildman–Crippen MR) is 121 cm³/mol. The second-order valence-corrected chi connectivity index (χ2v) is 9.56. The Kier molecular flexibility index (Phi) is 5.00. The number of ether oxygens (including phenoxy) is 1. The third-order valence-electron chi connectivity index (χ3n) is 5.69. The summed E-state index contributed by atoms with van der Waals surface area (Å²) < 4.78 is 34.0. The lowest BCUT2D eigenvalue weighted by Crippen LogP contribution is -2.50. The maximum Gasteiger partial charge on any atom is 0.243 e. The van der Waals surface area contributed by atoms with E-state index in [9.17, 15) is 8.42 Å². The van der Waals surface area contributed by atoms with Gasteiger partial charge in [-0.2, -0.15) is 4.31 Å². The summed E-state index contributed by atoms with van der Waals surface area (Å²) in [7, 11) is -3.52. The summed E-state index contributed by atoms with van der Waals surface area (Å²) in [6.07, 6.45) is 0. The molecule has 3 aromatic carbocycles. The van der Waals surface area contributed by atoms with Crippen molar-refractivity contribution in [3.63, 3.8) is 0 Å². The van der Waals surface area contributed by atoms with Crippen molar-refractivity contribution in [3.8, 4) is 11.5 Å². The zero-order chi connectivity index (χ0) is 21.4. The largest absolute Gasteiger partial charge is 0.454 e. The minimum atomic E-state index is -3.52. The van der Waals surface area contributed by atoms with E-state index in [1.54, 1.807) is 16.4 Å². The smallest absolute Gasteiger partial charge is 0.243 e. The Morgan fingerprint density at radius 2 is 1.45 bits per heavy atom. The van der Waals surface area contributed by atoms with Crippen molar-refractivity contribution >= 4 is 21.5 Å². The van der Waals surface area contributed by atoms with Crippen LogP contribution in [0, 0.1) is 6.92 Å². The van der Waals surface area contributed by atoms with E-state index in [1.807, 2.05) is 67.6 Å². The molecule has 0 bridgehead atoms. The van der Waals surface area contributed by atoms with Gasteiger partial charge >= 0.3 is 0 Å². The number of para-hydroxylation sites is 3. The SMILES string of the molecule is Cc1ccccc1S(=O)(=O)N1CCN(C2=Nc3ccccc3Oc3ccccc32)CC1. The van der Waals surface area contributed by atoms with Crippen molar-refractivity contribution < 1.29 is 13.2 Å². The monoisotopic (exact) mass is 433 g/mol. The summed E-state index contributed by atoms with van der Waals surface area (Å²) >= 11 is 0. The van der Waals surface area contributed by atoms with Gasteiger partial charge in [0.05, 0.1) is 10.5 Å². The average Bonchev–Trinajstić information content (AvgIpc) is 2.96. The maximum atomic E-state index is 13.2. The number of benzene rings is 3. The van der Waals surface area contributed by atoms with Gasteiger partial charge in [-0.15, -0.1) is 0 Å². The van der Waals surface area contributed by atoms with Gasteiger partial charge < -0.3 is 9.64 Å². The van der Waals surface area contributed by atoms with Crippen LogP contribution >= 0.6 is 0 Å². The lowest BCUT2D eigenvalue weighted by molar-refractivity contribution is 0.266. The van der Waals surface area contributed by atoms with E-state index in [4.69, 9.17) is 9.73 Å². The fraction of sp³-hybridized carbons (Fsp3) is 0.208. The Morgan fingerprint density at radius 1 is 0.806 bits per heavy atom. The van der Waals surface area contributed by atoms with Crippen LogP contribution < -0.4 is 4.74 Å². The molecule has 158 valence electrons. The third kappa shape index (κ3) is 3.60. The summed E-state index contributed by atoms with van der Waals surface area (Å²) in [5.41, 5.74) is 2.44. The molecule has 0 amide bonds. The Labute approximate surface area is 182 Å². The number of sulfonamides is 1. The molecule has 0 saturated carbocycles. The molecule has 0 aromatic heterocycles. The number of hydrogen-bond acceptors (Lipinski definition) is 5. The Balaban J connectivity index is 1.44. The first-order chi connectivity index (χ1) is 15.0. The quantitative estimate of drug-likeness (QED) is 0.608. The zero-order valence-corrected chi connectivity index (χ0v) is 18.0.